The Morgan fingerprint density at radius 2 is 0.762 bits per heavy atom. The summed E-state index contributed by atoms with van der Waals surface area (Å²) < 4.78 is 126. The van der Waals surface area contributed by atoms with Gasteiger partial charge in [-0.25, -0.2) is 53.9 Å². The van der Waals surface area contributed by atoms with Gasteiger partial charge in [-0.3, -0.25) is 28.8 Å². The van der Waals surface area contributed by atoms with Gasteiger partial charge in [-0.15, -0.1) is 62.0 Å². The van der Waals surface area contributed by atoms with Crippen molar-refractivity contribution in [2.75, 3.05) is 131 Å². The number of fused-ring (bicyclic) bond motifs is 2. The molecule has 0 radical (unpaired) electrons. The third kappa shape index (κ3) is 49.5. The molecule has 5 atom stereocenters. The van der Waals surface area contributed by atoms with Crippen LogP contribution in [0.3, 0.4) is 0 Å². The van der Waals surface area contributed by atoms with Crippen LogP contribution in [0.5, 0.6) is 0 Å². The lowest BCUT2D eigenvalue weighted by atomic mass is 10.1. The smallest absolute Gasteiger partial charge is 0.329 e. The molecule has 0 aliphatic heterocycles. The molecule has 126 heavy (non-hydrogen) atoms. The number of ether oxygens (including phenoxy) is 2. The number of aromatic amines is 2. The molecule has 4 amide bonds. The molecule has 698 valence electrons. The zero-order chi connectivity index (χ0) is 91.3. The molecule has 0 aliphatic carbocycles. The van der Waals surface area contributed by atoms with Gasteiger partial charge in [-0.2, -0.15) is 0 Å². The van der Waals surface area contributed by atoms with Crippen molar-refractivity contribution in [1.29, 1.82) is 0 Å². The van der Waals surface area contributed by atoms with E-state index in [0.29, 0.717) is 59.3 Å². The maximum absolute atomic E-state index is 13.5. The van der Waals surface area contributed by atoms with Crippen LogP contribution in [0.25, 0.3) is 46.1 Å². The SMILES string of the molecule is CN(C)CC(N)C(=O)O.CN(C)CC(NC(=O)/C=C/c1ccc(F)c(F)c1)C(=O)NCCc1c[nH]c2ccc(F)cc12.CN(C)CC(NC(=O)/C=C/c1ccc(F)c(F)c1)C(=O)O.COC(=O)C(CN(C)C)NC(=O)/C=C/c1ccc(F)c(F)c1.COC(=O)C(N)CN(C)C.Cl.Cl.Cl.Cl.Cl.NCCc1c[nH]c2ccc(F)cc12.O=C(O)/C=C/c1ccc(F)c(Br)c1. The minimum Gasteiger partial charge on any atom is -0.480 e. The molecule has 0 bridgehead atoms. The molecule has 0 saturated heterocycles. The fourth-order valence-electron chi connectivity index (χ4n) is 10.0. The van der Waals surface area contributed by atoms with Gasteiger partial charge in [-0.1, -0.05) is 24.3 Å². The van der Waals surface area contributed by atoms with E-state index < -0.39 is 107 Å². The first-order chi connectivity index (χ1) is 56.9. The number of hydrogen-bond donors (Lipinski definition) is 12. The number of carbonyl (C=O) groups excluding carboxylic acids is 6. The number of rotatable bonds is 31. The number of nitrogens with zero attached hydrogens (tertiary/aromatic N) is 5. The average molecular weight is 1950 g/mol. The quantitative estimate of drug-likeness (QED) is 0.0109. The van der Waals surface area contributed by atoms with E-state index in [1.807, 2.05) is 25.2 Å². The van der Waals surface area contributed by atoms with E-state index >= 15 is 0 Å². The highest BCUT2D eigenvalue weighted by Gasteiger charge is 2.24. The minimum atomic E-state index is -1.15. The zero-order valence-corrected chi connectivity index (χ0v) is 76.2. The largest absolute Gasteiger partial charge is 0.480 e. The van der Waals surface area contributed by atoms with Crippen molar-refractivity contribution in [3.8, 4) is 0 Å². The van der Waals surface area contributed by atoms with Crippen LogP contribution in [0, 0.1) is 52.4 Å². The maximum Gasteiger partial charge on any atom is 0.329 e. The number of halogens is 15. The number of aromatic nitrogens is 2. The summed E-state index contributed by atoms with van der Waals surface area (Å²) in [5, 5.41) is 37.5. The van der Waals surface area contributed by atoms with Gasteiger partial charge >= 0.3 is 29.8 Å². The number of amides is 4. The molecule has 8 aromatic rings. The summed E-state index contributed by atoms with van der Waals surface area (Å²) in [5.74, 6) is -13.0. The van der Waals surface area contributed by atoms with Crippen LogP contribution in [0.4, 0.5) is 39.5 Å². The van der Waals surface area contributed by atoms with Crippen LogP contribution < -0.4 is 38.5 Å². The Morgan fingerprint density at radius 1 is 0.421 bits per heavy atom. The van der Waals surface area contributed by atoms with E-state index in [9.17, 15) is 82.7 Å². The second-order valence-corrected chi connectivity index (χ2v) is 28.2. The number of benzene rings is 6. The number of carboxylic acid groups (broad SMARTS) is 3. The fraction of sp³-hybridized carbons (Fsp3) is 0.313. The Hall–Kier alpha value is -10.4. The molecule has 0 aliphatic rings. The van der Waals surface area contributed by atoms with E-state index in [0.717, 1.165) is 100 Å². The molecule has 43 heteroatoms. The van der Waals surface area contributed by atoms with E-state index in [-0.39, 0.29) is 111 Å². The number of carboxylic acids is 3. The Bertz CT molecular complexity index is 4860. The van der Waals surface area contributed by atoms with Crippen LogP contribution in [-0.2, 0) is 65.5 Å². The van der Waals surface area contributed by atoms with Crippen LogP contribution in [0.15, 0.2) is 150 Å². The Kier molecular flexibility index (Phi) is 62.2. The fourth-order valence-corrected chi connectivity index (χ4v) is 10.4. The highest BCUT2D eigenvalue weighted by atomic mass is 79.9. The molecule has 0 saturated carbocycles. The lowest BCUT2D eigenvalue weighted by molar-refractivity contribution is -0.145. The van der Waals surface area contributed by atoms with Crippen LogP contribution in [0.1, 0.15) is 33.4 Å². The van der Waals surface area contributed by atoms with E-state index in [1.54, 1.807) is 94.3 Å². The Balaban J connectivity index is -0.000000715. The van der Waals surface area contributed by atoms with E-state index in [1.165, 1.54) is 99.2 Å². The number of aliphatic carboxylic acids is 3. The topological polar surface area (TPSA) is 407 Å². The summed E-state index contributed by atoms with van der Waals surface area (Å²) in [4.78, 5) is 117. The van der Waals surface area contributed by atoms with Gasteiger partial charge in [0.05, 0.1) is 18.7 Å². The number of carbonyl (C=O) groups is 9. The summed E-state index contributed by atoms with van der Waals surface area (Å²) in [6, 6.07) is 19.2. The van der Waals surface area contributed by atoms with Crippen molar-refractivity contribution >= 4 is 178 Å². The summed E-state index contributed by atoms with van der Waals surface area (Å²) in [7, 11) is 20.2. The normalized spacial score (nSPS) is 11.8. The number of esters is 2. The van der Waals surface area contributed by atoms with Crippen LogP contribution >= 0.6 is 78.0 Å². The number of methoxy groups -OCH3 is 2. The first-order valence-corrected chi connectivity index (χ1v) is 37.2. The van der Waals surface area contributed by atoms with Gasteiger partial charge in [0.1, 0.15) is 47.7 Å². The molecule has 0 fully saturated rings. The number of nitrogens with two attached hydrogens (primary N) is 3. The van der Waals surface area contributed by atoms with Gasteiger partial charge in [0.15, 0.2) is 34.9 Å². The Labute approximate surface area is 763 Å². The van der Waals surface area contributed by atoms with Crippen molar-refractivity contribution in [1.82, 2.24) is 55.7 Å². The molecular formula is C83H107BrCl5F9N14O14. The molecule has 28 nitrogen and oxygen atoms in total. The minimum absolute atomic E-state index is 0. The first kappa shape index (κ1) is 122. The van der Waals surface area contributed by atoms with Crippen molar-refractivity contribution in [2.45, 2.75) is 43.1 Å². The molecule has 2 heterocycles. The molecule has 2 aromatic heterocycles. The molecule has 15 N–H and O–H groups in total. The second kappa shape index (κ2) is 64.3. The summed E-state index contributed by atoms with van der Waals surface area (Å²) in [5.41, 5.74) is 21.3. The molecule has 0 spiro atoms. The van der Waals surface area contributed by atoms with Gasteiger partial charge in [-0.05, 0) is 248 Å². The Morgan fingerprint density at radius 3 is 1.10 bits per heavy atom. The molecular weight excluding hydrogens is 1850 g/mol. The summed E-state index contributed by atoms with van der Waals surface area (Å²) >= 11 is 3.00. The van der Waals surface area contributed by atoms with Crippen molar-refractivity contribution in [3.05, 3.63) is 236 Å². The number of H-pyrrole nitrogens is 2. The third-order valence-corrected chi connectivity index (χ3v) is 16.3. The molecule has 6 aromatic carbocycles. The van der Waals surface area contributed by atoms with E-state index in [2.05, 4.69) is 56.6 Å². The monoisotopic (exact) mass is 1950 g/mol. The maximum atomic E-state index is 13.5. The molecule has 8 rings (SSSR count). The van der Waals surface area contributed by atoms with Gasteiger partial charge in [0.25, 0.3) is 0 Å². The summed E-state index contributed by atoms with van der Waals surface area (Å²) in [6.45, 7) is 2.46. The predicted molar refractivity (Wildman–Crippen MR) is 483 cm³/mol. The lowest BCUT2D eigenvalue weighted by Crippen LogP contribution is -2.51. The number of hydrogen-bond acceptors (Lipinski definition) is 19. The van der Waals surface area contributed by atoms with Crippen molar-refractivity contribution < 1.29 is 107 Å². The van der Waals surface area contributed by atoms with Crippen LogP contribution in [0.2, 0.25) is 0 Å². The van der Waals surface area contributed by atoms with E-state index in [4.69, 9.17) is 32.5 Å². The second-order valence-electron chi connectivity index (χ2n) is 27.4. The number of likely N-dealkylation sites (N-methyl/N-ethyl adjacent to an activating group) is 5. The average Bonchev–Trinajstić information content (AvgIpc) is 1.69. The van der Waals surface area contributed by atoms with Crippen molar-refractivity contribution in [3.63, 3.8) is 0 Å². The standard InChI is InChI=1S/C24H25F3N4O2.C15H18F2N2O3.C14H16F2N2O3.C10H11FN2.C9H6BrFO2.C6H14N2O2.C5H12N2O2.5ClH/c1-31(2)14-22(30-23(32)8-4-15-3-6-19(26)20(27)11-15)24(33)28-10-9-16-13-29-21-7-5-17(25)12-18(16)21;1-19(2)9-13(15(21)22-3)18-14(20)7-5-10-4-6-11(16)12(17)8-10;1-18(2)8-12(14(20)21)17-13(19)6-4-9-3-5-10(15)11(16)7-9;11-8-1-2-10-9(5-8)7(3-4-12)6-13-10;10-7-5-6(1-3-8(7)11)2-4-9(12)13;1-8(2)4-5(7)6(9)10-3;1-7(2)3-4(6)5(8)9;;;;;/h3-8,11-13,22,29H,9-10,14H2,1-2H3,(H,28,33)(H,30,32);4-8,13H,9H2,1-3H3,(H,18,20);3-7,12H,8H2,1-2H3,(H,17,19)(H,20,21);1-2,5-6,13H,3-4,12H2;1-5H,(H,12,13);5H,4,7H2,1-3H3;4H,3,6H2,1-2H3,(H,8,9);5*1H/b8-4+;7-5+;6-4+;;4-2+;;;;;;;. The zero-order valence-electron chi connectivity index (χ0n) is 70.5. The highest BCUT2D eigenvalue weighted by Crippen LogP contribution is 2.22. The summed E-state index contributed by atoms with van der Waals surface area (Å²) in [6.07, 6.45) is 14.6. The van der Waals surface area contributed by atoms with Crippen molar-refractivity contribution in [2.24, 2.45) is 17.2 Å². The highest BCUT2D eigenvalue weighted by molar-refractivity contribution is 9.10. The third-order valence-electron chi connectivity index (χ3n) is 15.7. The van der Waals surface area contributed by atoms with Crippen LogP contribution in [-0.4, -0.2) is 264 Å². The van der Waals surface area contributed by atoms with Gasteiger partial charge < -0.3 is 97.7 Å². The number of nitrogens with one attached hydrogen (secondary N) is 6. The van der Waals surface area contributed by atoms with Gasteiger partial charge in [0, 0.05) is 97.8 Å². The molecule has 5 unspecified atom stereocenters. The lowest BCUT2D eigenvalue weighted by Gasteiger charge is -2.21. The van der Waals surface area contributed by atoms with Gasteiger partial charge in [0.2, 0.25) is 23.6 Å². The first-order valence-electron chi connectivity index (χ1n) is 36.4. The predicted octanol–water partition coefficient (Wildman–Crippen LogP) is 9.92.